The Bertz CT molecular complexity index is 711. The molecule has 0 saturated carbocycles. The molecule has 1 aromatic heterocycles. The molecule has 0 bridgehead atoms. The van der Waals surface area contributed by atoms with Crippen molar-refractivity contribution >= 4 is 23.7 Å². The number of amides is 3. The van der Waals surface area contributed by atoms with Gasteiger partial charge in [0.2, 0.25) is 0 Å². The van der Waals surface area contributed by atoms with Gasteiger partial charge in [-0.15, -0.1) is 0 Å². The molecule has 2 rings (SSSR count). The zero-order valence-electron chi connectivity index (χ0n) is 16.7. The Balaban J connectivity index is 1.76. The van der Waals surface area contributed by atoms with Crippen LogP contribution in [0.2, 0.25) is 0 Å². The largest absolute Gasteiger partial charge is 0.467 e. The van der Waals surface area contributed by atoms with E-state index in [0.717, 1.165) is 0 Å². The molecule has 0 aliphatic carbocycles. The number of aromatic nitrogens is 2. The standard InChI is InChI=1S/C18H27N5O5/c1-18(2,3)28-17(26)20-11-12-6-9-23(10-7-12)15(25)14(24)21-13-5-8-19-16(22-13)27-4/h5,8,12H,6-7,9-11H2,1-4H3,(H,20,26)(H,19,21,22,24). The first-order chi connectivity index (χ1) is 13.2. The molecule has 0 radical (unpaired) electrons. The Hall–Kier alpha value is -2.91. The van der Waals surface area contributed by atoms with E-state index in [1.54, 1.807) is 20.8 Å². The highest BCUT2D eigenvalue weighted by Crippen LogP contribution is 2.17. The van der Waals surface area contributed by atoms with E-state index >= 15 is 0 Å². The number of piperidine rings is 1. The van der Waals surface area contributed by atoms with Gasteiger partial charge in [-0.25, -0.2) is 9.78 Å². The first-order valence-corrected chi connectivity index (χ1v) is 9.12. The summed E-state index contributed by atoms with van der Waals surface area (Å²) in [4.78, 5) is 45.5. The van der Waals surface area contributed by atoms with Gasteiger partial charge in [0, 0.05) is 25.8 Å². The summed E-state index contributed by atoms with van der Waals surface area (Å²) in [5, 5.41) is 5.20. The molecule has 2 heterocycles. The van der Waals surface area contributed by atoms with Crippen LogP contribution in [0.1, 0.15) is 33.6 Å². The van der Waals surface area contributed by atoms with E-state index in [4.69, 9.17) is 9.47 Å². The fourth-order valence-electron chi connectivity index (χ4n) is 2.70. The van der Waals surface area contributed by atoms with E-state index < -0.39 is 23.5 Å². The van der Waals surface area contributed by atoms with Crippen LogP contribution in [0.25, 0.3) is 0 Å². The number of nitrogens with one attached hydrogen (secondary N) is 2. The van der Waals surface area contributed by atoms with Gasteiger partial charge in [-0.3, -0.25) is 9.59 Å². The van der Waals surface area contributed by atoms with Gasteiger partial charge in [0.1, 0.15) is 11.4 Å². The topological polar surface area (TPSA) is 123 Å². The maximum absolute atomic E-state index is 12.3. The molecule has 154 valence electrons. The third-order valence-electron chi connectivity index (χ3n) is 4.09. The van der Waals surface area contributed by atoms with Gasteiger partial charge in [0.25, 0.3) is 0 Å². The molecule has 28 heavy (non-hydrogen) atoms. The molecule has 1 aliphatic heterocycles. The van der Waals surface area contributed by atoms with Crippen molar-refractivity contribution in [2.24, 2.45) is 5.92 Å². The van der Waals surface area contributed by atoms with Crippen LogP contribution in [-0.4, -0.2) is 65.1 Å². The van der Waals surface area contributed by atoms with E-state index in [1.165, 1.54) is 24.3 Å². The van der Waals surface area contributed by atoms with Crippen molar-refractivity contribution in [3.63, 3.8) is 0 Å². The molecule has 1 saturated heterocycles. The van der Waals surface area contributed by atoms with Crippen LogP contribution in [0, 0.1) is 5.92 Å². The lowest BCUT2D eigenvalue weighted by molar-refractivity contribution is -0.144. The number of ether oxygens (including phenoxy) is 2. The van der Waals surface area contributed by atoms with E-state index in [9.17, 15) is 14.4 Å². The quantitative estimate of drug-likeness (QED) is 0.737. The van der Waals surface area contributed by atoms with Gasteiger partial charge in [0.15, 0.2) is 0 Å². The van der Waals surface area contributed by atoms with Gasteiger partial charge in [-0.1, -0.05) is 0 Å². The zero-order valence-corrected chi connectivity index (χ0v) is 16.7. The number of likely N-dealkylation sites (tertiary alicyclic amines) is 1. The van der Waals surface area contributed by atoms with Gasteiger partial charge < -0.3 is 25.0 Å². The minimum Gasteiger partial charge on any atom is -0.467 e. The first kappa shape index (κ1) is 21.4. The number of anilines is 1. The monoisotopic (exact) mass is 393 g/mol. The number of methoxy groups -OCH3 is 1. The summed E-state index contributed by atoms with van der Waals surface area (Å²) >= 11 is 0. The van der Waals surface area contributed by atoms with Crippen molar-refractivity contribution in [2.75, 3.05) is 32.1 Å². The Morgan fingerprint density at radius 3 is 2.54 bits per heavy atom. The smallest absolute Gasteiger partial charge is 0.407 e. The van der Waals surface area contributed by atoms with Crippen molar-refractivity contribution in [1.82, 2.24) is 20.2 Å². The van der Waals surface area contributed by atoms with Gasteiger partial charge in [-0.05, 0) is 45.6 Å². The molecule has 2 N–H and O–H groups in total. The third kappa shape index (κ3) is 6.67. The SMILES string of the molecule is COc1nccc(NC(=O)C(=O)N2CCC(CNC(=O)OC(C)(C)C)CC2)n1. The lowest BCUT2D eigenvalue weighted by Crippen LogP contribution is -2.46. The number of hydrogen-bond acceptors (Lipinski definition) is 7. The Labute approximate surface area is 164 Å². The molecule has 0 aromatic carbocycles. The van der Waals surface area contributed by atoms with Gasteiger partial charge >= 0.3 is 23.9 Å². The molecule has 0 spiro atoms. The number of carbonyl (C=O) groups excluding carboxylic acids is 3. The van der Waals surface area contributed by atoms with Crippen LogP contribution in [0.15, 0.2) is 12.3 Å². The lowest BCUT2D eigenvalue weighted by atomic mass is 9.97. The van der Waals surface area contributed by atoms with Crippen molar-refractivity contribution in [3.8, 4) is 6.01 Å². The predicted octanol–water partition coefficient (Wildman–Crippen LogP) is 1.19. The second-order valence-corrected chi connectivity index (χ2v) is 7.50. The number of rotatable bonds is 4. The van der Waals surface area contributed by atoms with E-state index in [1.807, 2.05) is 0 Å². The first-order valence-electron chi connectivity index (χ1n) is 9.12. The maximum Gasteiger partial charge on any atom is 0.407 e. The molecular formula is C18H27N5O5. The molecule has 1 fully saturated rings. The normalized spacial score (nSPS) is 14.9. The van der Waals surface area contributed by atoms with Crippen LogP contribution >= 0.6 is 0 Å². The number of alkyl carbamates (subject to hydrolysis) is 1. The molecular weight excluding hydrogens is 366 g/mol. The molecule has 1 aromatic rings. The van der Waals surface area contributed by atoms with E-state index in [-0.39, 0.29) is 17.7 Å². The van der Waals surface area contributed by atoms with Gasteiger partial charge in [0.05, 0.1) is 7.11 Å². The van der Waals surface area contributed by atoms with Crippen LogP contribution < -0.4 is 15.4 Å². The molecule has 10 heteroatoms. The fraction of sp³-hybridized carbons (Fsp3) is 0.611. The third-order valence-corrected chi connectivity index (χ3v) is 4.09. The average molecular weight is 393 g/mol. The lowest BCUT2D eigenvalue weighted by Gasteiger charge is -2.31. The molecule has 10 nitrogen and oxygen atoms in total. The van der Waals surface area contributed by atoms with Crippen molar-refractivity contribution < 1.29 is 23.9 Å². The van der Waals surface area contributed by atoms with Crippen LogP contribution in [-0.2, 0) is 14.3 Å². The highest BCUT2D eigenvalue weighted by atomic mass is 16.6. The molecule has 1 aliphatic rings. The number of nitrogens with zero attached hydrogens (tertiary/aromatic N) is 3. The summed E-state index contributed by atoms with van der Waals surface area (Å²) in [5.41, 5.74) is -0.541. The molecule has 3 amide bonds. The van der Waals surface area contributed by atoms with E-state index in [2.05, 4.69) is 20.6 Å². The zero-order chi connectivity index (χ0) is 20.7. The van der Waals surface area contributed by atoms with Crippen molar-refractivity contribution in [2.45, 2.75) is 39.2 Å². The molecule has 0 unspecified atom stereocenters. The highest BCUT2D eigenvalue weighted by molar-refractivity contribution is 6.39. The number of hydrogen-bond donors (Lipinski definition) is 2. The maximum atomic E-state index is 12.3. The summed E-state index contributed by atoms with van der Waals surface area (Å²) in [5.74, 6) is -0.949. The fourth-order valence-corrected chi connectivity index (χ4v) is 2.70. The van der Waals surface area contributed by atoms with Crippen LogP contribution in [0.4, 0.5) is 10.6 Å². The van der Waals surface area contributed by atoms with Crippen LogP contribution in [0.5, 0.6) is 6.01 Å². The summed E-state index contributed by atoms with van der Waals surface area (Å²) in [6.07, 6.45) is 2.35. The van der Waals surface area contributed by atoms with Gasteiger partial charge in [-0.2, -0.15) is 4.98 Å². The van der Waals surface area contributed by atoms with E-state index in [0.29, 0.717) is 32.5 Å². The predicted molar refractivity (Wildman–Crippen MR) is 101 cm³/mol. The second kappa shape index (κ2) is 9.34. The minimum atomic E-state index is -0.758. The second-order valence-electron chi connectivity index (χ2n) is 7.50. The summed E-state index contributed by atoms with van der Waals surface area (Å²) in [7, 11) is 1.41. The van der Waals surface area contributed by atoms with Crippen molar-refractivity contribution in [3.05, 3.63) is 12.3 Å². The highest BCUT2D eigenvalue weighted by Gasteiger charge is 2.28. The summed E-state index contributed by atoms with van der Waals surface area (Å²) in [6, 6.07) is 1.57. The Morgan fingerprint density at radius 1 is 1.25 bits per heavy atom. The summed E-state index contributed by atoms with van der Waals surface area (Å²) < 4.78 is 10.1. The minimum absolute atomic E-state index is 0.101. The molecule has 0 atom stereocenters. The van der Waals surface area contributed by atoms with Crippen molar-refractivity contribution in [1.29, 1.82) is 0 Å². The Kier molecular flexibility index (Phi) is 7.13. The summed E-state index contributed by atoms with van der Waals surface area (Å²) in [6.45, 7) is 6.78. The average Bonchev–Trinajstić information content (AvgIpc) is 2.65. The number of carbonyl (C=O) groups is 3. The Morgan fingerprint density at radius 2 is 1.93 bits per heavy atom. The van der Waals surface area contributed by atoms with Crippen LogP contribution in [0.3, 0.4) is 0 Å².